The Hall–Kier alpha value is -2.31. The molecule has 1 N–H and O–H groups in total. The summed E-state index contributed by atoms with van der Waals surface area (Å²) in [4.78, 5) is 16.5. The fourth-order valence-electron chi connectivity index (χ4n) is 2.43. The van der Waals surface area contributed by atoms with Gasteiger partial charge in [0.25, 0.3) is 0 Å². The van der Waals surface area contributed by atoms with Crippen LogP contribution >= 0.6 is 0 Å². The van der Waals surface area contributed by atoms with Crippen LogP contribution in [0.2, 0.25) is 0 Å². The van der Waals surface area contributed by atoms with Crippen molar-refractivity contribution >= 4 is 5.91 Å². The summed E-state index contributed by atoms with van der Waals surface area (Å²) in [6, 6.07) is 4.37. The van der Waals surface area contributed by atoms with Crippen LogP contribution in [-0.4, -0.2) is 15.5 Å². The van der Waals surface area contributed by atoms with Crippen molar-refractivity contribution in [2.45, 2.75) is 32.5 Å². The van der Waals surface area contributed by atoms with E-state index in [1.807, 2.05) is 25.5 Å². The second-order valence-electron chi connectivity index (χ2n) is 6.06. The van der Waals surface area contributed by atoms with Gasteiger partial charge in [0, 0.05) is 19.4 Å². The Morgan fingerprint density at radius 3 is 2.33 bits per heavy atom. The number of imidazole rings is 1. The number of hydrogen-bond acceptors (Lipinski definition) is 2. The van der Waals surface area contributed by atoms with Gasteiger partial charge < -0.3 is 9.88 Å². The number of amides is 1. The first-order valence-corrected chi connectivity index (χ1v) is 7.61. The van der Waals surface area contributed by atoms with E-state index in [0.29, 0.717) is 5.56 Å². The van der Waals surface area contributed by atoms with Gasteiger partial charge in [0.2, 0.25) is 5.91 Å². The molecule has 130 valence electrons. The zero-order valence-electron chi connectivity index (χ0n) is 13.8. The van der Waals surface area contributed by atoms with Gasteiger partial charge in [0.05, 0.1) is 18.0 Å². The minimum absolute atomic E-state index is 0.0196. The Morgan fingerprint density at radius 1 is 1.25 bits per heavy atom. The number of nitrogens with one attached hydrogen (secondary N) is 1. The van der Waals surface area contributed by atoms with Crippen molar-refractivity contribution in [2.24, 2.45) is 13.0 Å². The summed E-state index contributed by atoms with van der Waals surface area (Å²) < 4.78 is 39.5. The van der Waals surface area contributed by atoms with Crippen LogP contribution in [0.25, 0.3) is 0 Å². The van der Waals surface area contributed by atoms with E-state index in [2.05, 4.69) is 10.3 Å². The van der Waals surface area contributed by atoms with Crippen LogP contribution in [0.5, 0.6) is 0 Å². The highest BCUT2D eigenvalue weighted by atomic mass is 19.4. The molecule has 0 bridgehead atoms. The van der Waals surface area contributed by atoms with Crippen molar-refractivity contribution in [3.63, 3.8) is 0 Å². The third-order valence-electron chi connectivity index (χ3n) is 3.77. The molecule has 1 amide bonds. The van der Waals surface area contributed by atoms with E-state index in [1.165, 1.54) is 12.1 Å². The molecular weight excluding hydrogens is 319 g/mol. The highest BCUT2D eigenvalue weighted by molar-refractivity contribution is 5.79. The molecule has 0 aliphatic heterocycles. The molecule has 0 saturated heterocycles. The lowest BCUT2D eigenvalue weighted by molar-refractivity contribution is -0.137. The lowest BCUT2D eigenvalue weighted by Crippen LogP contribution is -2.34. The molecule has 0 aliphatic rings. The van der Waals surface area contributed by atoms with Crippen molar-refractivity contribution < 1.29 is 18.0 Å². The number of aryl methyl sites for hydroxylation is 1. The highest BCUT2D eigenvalue weighted by Gasteiger charge is 2.30. The maximum absolute atomic E-state index is 12.5. The molecule has 0 unspecified atom stereocenters. The van der Waals surface area contributed by atoms with Gasteiger partial charge in [-0.3, -0.25) is 4.79 Å². The van der Waals surface area contributed by atoms with Crippen LogP contribution in [0, 0.1) is 5.92 Å². The number of nitrogens with zero attached hydrogens (tertiary/aromatic N) is 2. The number of benzene rings is 1. The summed E-state index contributed by atoms with van der Waals surface area (Å²) in [6.07, 6.45) is -0.896. The molecule has 7 heteroatoms. The van der Waals surface area contributed by atoms with E-state index in [4.69, 9.17) is 0 Å². The minimum Gasteiger partial charge on any atom is -0.346 e. The average molecular weight is 339 g/mol. The van der Waals surface area contributed by atoms with Crippen molar-refractivity contribution in [2.75, 3.05) is 0 Å². The smallest absolute Gasteiger partial charge is 0.346 e. The zero-order chi connectivity index (χ0) is 17.9. The number of carbonyl (C=O) groups excluding carboxylic acids is 1. The molecule has 0 saturated carbocycles. The van der Waals surface area contributed by atoms with E-state index < -0.39 is 11.7 Å². The summed E-state index contributed by atoms with van der Waals surface area (Å²) in [5.74, 6) is 0.616. The molecular formula is C17H20F3N3O. The summed E-state index contributed by atoms with van der Waals surface area (Å²) in [5, 5.41) is 2.91. The second-order valence-corrected chi connectivity index (χ2v) is 6.06. The molecule has 1 atom stereocenters. The summed E-state index contributed by atoms with van der Waals surface area (Å²) in [6.45, 7) is 3.94. The molecule has 2 aromatic rings. The first-order chi connectivity index (χ1) is 11.2. The highest BCUT2D eigenvalue weighted by Crippen LogP contribution is 2.29. The molecule has 2 rings (SSSR count). The van der Waals surface area contributed by atoms with Gasteiger partial charge in [-0.2, -0.15) is 13.2 Å². The molecule has 1 aromatic carbocycles. The number of aromatic nitrogens is 2. The zero-order valence-corrected chi connectivity index (χ0v) is 13.8. The number of alkyl halides is 3. The Bertz CT molecular complexity index is 690. The molecule has 24 heavy (non-hydrogen) atoms. The third kappa shape index (κ3) is 4.37. The normalized spacial score (nSPS) is 13.1. The number of halogens is 3. The van der Waals surface area contributed by atoms with Crippen molar-refractivity contribution in [1.82, 2.24) is 14.9 Å². The molecule has 0 radical (unpaired) electrons. The topological polar surface area (TPSA) is 46.9 Å². The largest absolute Gasteiger partial charge is 0.416 e. The van der Waals surface area contributed by atoms with Crippen molar-refractivity contribution in [3.05, 3.63) is 53.6 Å². The summed E-state index contributed by atoms with van der Waals surface area (Å²) in [5.41, 5.74) is -0.192. The Morgan fingerprint density at radius 2 is 1.88 bits per heavy atom. The number of hydrogen-bond donors (Lipinski definition) is 1. The van der Waals surface area contributed by atoms with Gasteiger partial charge in [-0.15, -0.1) is 0 Å². The van der Waals surface area contributed by atoms with E-state index in [9.17, 15) is 18.0 Å². The molecule has 1 heterocycles. The Labute approximate surface area is 138 Å². The average Bonchev–Trinajstić information content (AvgIpc) is 2.90. The fraction of sp³-hybridized carbons (Fsp3) is 0.412. The summed E-state index contributed by atoms with van der Waals surface area (Å²) >= 11 is 0. The van der Waals surface area contributed by atoms with Crippen LogP contribution in [0.15, 0.2) is 36.7 Å². The predicted molar refractivity (Wildman–Crippen MR) is 84.1 cm³/mol. The SMILES string of the molecule is CC(C)[C@@H](NC(=O)Cc1ccc(C(F)(F)F)cc1)c1nccn1C. The van der Waals surface area contributed by atoms with Gasteiger partial charge in [0.1, 0.15) is 5.82 Å². The van der Waals surface area contributed by atoms with Crippen LogP contribution in [-0.2, 0) is 24.4 Å². The van der Waals surface area contributed by atoms with Crippen molar-refractivity contribution in [3.8, 4) is 0 Å². The van der Waals surface area contributed by atoms with Crippen LogP contribution in [0.3, 0.4) is 0 Å². The fourth-order valence-corrected chi connectivity index (χ4v) is 2.43. The monoisotopic (exact) mass is 339 g/mol. The van der Waals surface area contributed by atoms with Gasteiger partial charge in [-0.05, 0) is 23.6 Å². The lowest BCUT2D eigenvalue weighted by Gasteiger charge is -2.22. The quantitative estimate of drug-likeness (QED) is 0.906. The Kier molecular flexibility index (Phi) is 5.31. The van der Waals surface area contributed by atoms with Crippen LogP contribution < -0.4 is 5.32 Å². The first kappa shape index (κ1) is 18.0. The van der Waals surface area contributed by atoms with E-state index in [0.717, 1.165) is 18.0 Å². The van der Waals surface area contributed by atoms with E-state index in [1.54, 1.807) is 12.4 Å². The molecule has 0 aliphatic carbocycles. The Balaban J connectivity index is 2.05. The summed E-state index contributed by atoms with van der Waals surface area (Å²) in [7, 11) is 1.85. The third-order valence-corrected chi connectivity index (χ3v) is 3.77. The number of carbonyl (C=O) groups is 1. The van der Waals surface area contributed by atoms with Gasteiger partial charge in [-0.25, -0.2) is 4.98 Å². The van der Waals surface area contributed by atoms with Crippen LogP contribution in [0.4, 0.5) is 13.2 Å². The van der Waals surface area contributed by atoms with Crippen LogP contribution in [0.1, 0.15) is 36.8 Å². The molecule has 4 nitrogen and oxygen atoms in total. The van der Waals surface area contributed by atoms with Gasteiger partial charge in [-0.1, -0.05) is 26.0 Å². The molecule has 0 spiro atoms. The number of rotatable bonds is 5. The van der Waals surface area contributed by atoms with Gasteiger partial charge in [0.15, 0.2) is 0 Å². The van der Waals surface area contributed by atoms with Crippen molar-refractivity contribution in [1.29, 1.82) is 0 Å². The first-order valence-electron chi connectivity index (χ1n) is 7.61. The molecule has 0 fully saturated rings. The maximum Gasteiger partial charge on any atom is 0.416 e. The molecule has 1 aromatic heterocycles. The van der Waals surface area contributed by atoms with E-state index in [-0.39, 0.29) is 24.3 Å². The second kappa shape index (κ2) is 7.07. The van der Waals surface area contributed by atoms with E-state index >= 15 is 0 Å². The maximum atomic E-state index is 12.5. The standard InChI is InChI=1S/C17H20F3N3O/c1-11(2)15(16-21-8-9-23(16)3)22-14(24)10-12-4-6-13(7-5-12)17(18,19)20/h4-9,11,15H,10H2,1-3H3,(H,22,24)/t15-/m1/s1. The minimum atomic E-state index is -4.37. The lowest BCUT2D eigenvalue weighted by atomic mass is 10.0. The predicted octanol–water partition coefficient (Wildman–Crippen LogP) is 3.49. The van der Waals surface area contributed by atoms with Gasteiger partial charge >= 0.3 is 6.18 Å².